The van der Waals surface area contributed by atoms with E-state index in [1.165, 1.54) is 11.5 Å². The number of ketones is 1. The van der Waals surface area contributed by atoms with E-state index in [1.54, 1.807) is 0 Å². The van der Waals surface area contributed by atoms with Crippen LogP contribution in [0.2, 0.25) is 0 Å². The summed E-state index contributed by atoms with van der Waals surface area (Å²) in [5, 5.41) is 4.01. The Kier molecular flexibility index (Phi) is 4.88. The van der Waals surface area contributed by atoms with Gasteiger partial charge in [0.05, 0.1) is 5.69 Å². The first kappa shape index (κ1) is 12.3. The van der Waals surface area contributed by atoms with Crippen molar-refractivity contribution in [2.45, 2.75) is 52.4 Å². The number of unbranched alkanes of at least 4 members (excludes halogenated alkanes) is 2. The summed E-state index contributed by atoms with van der Waals surface area (Å²) in [6, 6.07) is 0. The molecule has 0 saturated heterocycles. The molecule has 0 spiro atoms. The van der Waals surface area contributed by atoms with Crippen LogP contribution in [0.4, 0.5) is 0 Å². The molecule has 0 aliphatic rings. The molecule has 0 aromatic carbocycles. The molecule has 0 saturated carbocycles. The van der Waals surface area contributed by atoms with Crippen LogP contribution in [-0.4, -0.2) is 15.4 Å². The van der Waals surface area contributed by atoms with Gasteiger partial charge in [-0.05, 0) is 23.9 Å². The summed E-state index contributed by atoms with van der Waals surface area (Å²) in [7, 11) is 0. The molecule has 1 rings (SSSR count). The van der Waals surface area contributed by atoms with Crippen LogP contribution in [0.3, 0.4) is 0 Å². The van der Waals surface area contributed by atoms with Crippen LogP contribution in [0.1, 0.15) is 67.7 Å². The first-order valence-corrected chi connectivity index (χ1v) is 6.29. The lowest BCUT2D eigenvalue weighted by Gasteiger charge is -2.02. The highest BCUT2D eigenvalue weighted by Crippen LogP contribution is 2.21. The van der Waals surface area contributed by atoms with E-state index in [0.29, 0.717) is 6.42 Å². The largest absolute Gasteiger partial charge is 0.293 e. The van der Waals surface area contributed by atoms with E-state index >= 15 is 0 Å². The number of carbonyl (C=O) groups excluding carboxylic acids is 1. The topological polar surface area (TPSA) is 42.9 Å². The van der Waals surface area contributed by atoms with Crippen molar-refractivity contribution in [2.24, 2.45) is 0 Å². The molecule has 0 N–H and O–H groups in total. The number of hydrogen-bond donors (Lipinski definition) is 0. The Morgan fingerprint density at radius 2 is 2.13 bits per heavy atom. The maximum absolute atomic E-state index is 11.8. The van der Waals surface area contributed by atoms with Gasteiger partial charge in [-0.3, -0.25) is 4.79 Å². The van der Waals surface area contributed by atoms with Crippen molar-refractivity contribution in [3.63, 3.8) is 0 Å². The maximum atomic E-state index is 11.8. The molecule has 0 amide bonds. The minimum absolute atomic E-state index is 0.210. The molecule has 1 heterocycles. The van der Waals surface area contributed by atoms with Crippen LogP contribution in [0.15, 0.2) is 0 Å². The van der Waals surface area contributed by atoms with Crippen LogP contribution < -0.4 is 0 Å². The summed E-state index contributed by atoms with van der Waals surface area (Å²) in [5.74, 6) is 0.496. The van der Waals surface area contributed by atoms with E-state index in [1.807, 2.05) is 13.8 Å². The van der Waals surface area contributed by atoms with E-state index in [9.17, 15) is 4.79 Å². The molecule has 0 atom stereocenters. The van der Waals surface area contributed by atoms with Gasteiger partial charge in [0, 0.05) is 6.42 Å². The van der Waals surface area contributed by atoms with Gasteiger partial charge in [-0.1, -0.05) is 38.1 Å². The number of rotatable bonds is 6. The van der Waals surface area contributed by atoms with Crippen molar-refractivity contribution in [1.82, 2.24) is 9.59 Å². The van der Waals surface area contributed by atoms with Crippen molar-refractivity contribution in [3.05, 3.63) is 10.6 Å². The molecular formula is C11H18N2OS. The minimum atomic E-state index is 0.210. The molecule has 0 aliphatic heterocycles. The molecular weight excluding hydrogens is 208 g/mol. The zero-order valence-corrected chi connectivity index (χ0v) is 10.4. The van der Waals surface area contributed by atoms with Crippen molar-refractivity contribution in [3.8, 4) is 0 Å². The van der Waals surface area contributed by atoms with Crippen LogP contribution in [0.5, 0.6) is 0 Å². The summed E-state index contributed by atoms with van der Waals surface area (Å²) in [6.45, 7) is 6.22. The summed E-state index contributed by atoms with van der Waals surface area (Å²) in [6.07, 6.45) is 3.88. The molecule has 0 fully saturated rings. The lowest BCUT2D eigenvalue weighted by atomic mass is 10.0. The Morgan fingerprint density at radius 1 is 1.40 bits per heavy atom. The summed E-state index contributed by atoms with van der Waals surface area (Å²) in [5.41, 5.74) is 0.862. The minimum Gasteiger partial charge on any atom is -0.293 e. The molecule has 0 unspecified atom stereocenters. The van der Waals surface area contributed by atoms with Crippen molar-refractivity contribution < 1.29 is 4.79 Å². The smallest absolute Gasteiger partial charge is 0.176 e. The lowest BCUT2D eigenvalue weighted by Crippen LogP contribution is -2.02. The Hall–Kier alpha value is -0.770. The number of nitrogens with zero attached hydrogens (tertiary/aromatic N) is 2. The number of carbonyl (C=O) groups is 1. The predicted molar refractivity (Wildman–Crippen MR) is 62.5 cm³/mol. The average Bonchev–Trinajstić information content (AvgIpc) is 2.66. The second-order valence-corrected chi connectivity index (χ2v) is 4.78. The first-order valence-electron chi connectivity index (χ1n) is 5.52. The molecule has 4 heteroatoms. The van der Waals surface area contributed by atoms with Crippen LogP contribution >= 0.6 is 11.5 Å². The highest BCUT2D eigenvalue weighted by atomic mass is 32.1. The Morgan fingerprint density at radius 3 is 2.73 bits per heavy atom. The van der Waals surface area contributed by atoms with Gasteiger partial charge < -0.3 is 0 Å². The number of Topliss-reactive ketones (excluding diaryl/α,β-unsaturated/α-hetero) is 1. The third-order valence-corrected chi connectivity index (χ3v) is 3.10. The van der Waals surface area contributed by atoms with Crippen LogP contribution in [0.25, 0.3) is 0 Å². The third-order valence-electron chi connectivity index (χ3n) is 2.32. The Balaban J connectivity index is 2.61. The first-order chi connectivity index (χ1) is 7.16. The highest BCUT2D eigenvalue weighted by molar-refractivity contribution is 7.08. The second-order valence-electron chi connectivity index (χ2n) is 4.02. The quantitative estimate of drug-likeness (QED) is 0.551. The van der Waals surface area contributed by atoms with Crippen molar-refractivity contribution in [1.29, 1.82) is 0 Å². The average molecular weight is 226 g/mol. The second kappa shape index (κ2) is 5.95. The van der Waals surface area contributed by atoms with Gasteiger partial charge in [0.1, 0.15) is 4.88 Å². The van der Waals surface area contributed by atoms with Gasteiger partial charge in [0.25, 0.3) is 0 Å². The van der Waals surface area contributed by atoms with Gasteiger partial charge in [0.15, 0.2) is 5.78 Å². The fraction of sp³-hybridized carbons (Fsp3) is 0.727. The molecule has 15 heavy (non-hydrogen) atoms. The Labute approximate surface area is 95.1 Å². The molecule has 0 bridgehead atoms. The molecule has 84 valence electrons. The van der Waals surface area contributed by atoms with E-state index in [0.717, 1.165) is 29.8 Å². The van der Waals surface area contributed by atoms with Gasteiger partial charge in [-0.15, -0.1) is 5.10 Å². The van der Waals surface area contributed by atoms with Crippen LogP contribution in [0, 0.1) is 0 Å². The van der Waals surface area contributed by atoms with E-state index in [2.05, 4.69) is 16.5 Å². The molecule has 1 aromatic rings. The fourth-order valence-corrected chi connectivity index (χ4v) is 2.20. The molecule has 1 aromatic heterocycles. The fourth-order valence-electron chi connectivity index (χ4n) is 1.42. The molecule has 0 radical (unpaired) electrons. The Bertz CT molecular complexity index is 320. The van der Waals surface area contributed by atoms with Gasteiger partial charge in [0.2, 0.25) is 0 Å². The van der Waals surface area contributed by atoms with Gasteiger partial charge in [-0.25, -0.2) is 0 Å². The van der Waals surface area contributed by atoms with E-state index in [-0.39, 0.29) is 11.7 Å². The third kappa shape index (κ3) is 3.38. The normalized spacial score (nSPS) is 10.9. The van der Waals surface area contributed by atoms with Crippen molar-refractivity contribution in [2.75, 3.05) is 0 Å². The zero-order chi connectivity index (χ0) is 11.3. The summed E-state index contributed by atoms with van der Waals surface area (Å²) in [4.78, 5) is 12.6. The SMILES string of the molecule is CCCCCC(=O)c1snnc1C(C)C. The summed E-state index contributed by atoms with van der Waals surface area (Å²) < 4.78 is 3.86. The zero-order valence-electron chi connectivity index (χ0n) is 9.62. The number of hydrogen-bond acceptors (Lipinski definition) is 4. The number of aromatic nitrogens is 2. The predicted octanol–water partition coefficient (Wildman–Crippen LogP) is 3.42. The van der Waals surface area contributed by atoms with Gasteiger partial charge in [-0.2, -0.15) is 0 Å². The van der Waals surface area contributed by atoms with E-state index in [4.69, 9.17) is 0 Å². The molecule has 0 aliphatic carbocycles. The highest BCUT2D eigenvalue weighted by Gasteiger charge is 2.17. The summed E-state index contributed by atoms with van der Waals surface area (Å²) >= 11 is 1.23. The van der Waals surface area contributed by atoms with E-state index < -0.39 is 0 Å². The molecule has 3 nitrogen and oxygen atoms in total. The van der Waals surface area contributed by atoms with Crippen molar-refractivity contribution >= 4 is 17.3 Å². The lowest BCUT2D eigenvalue weighted by molar-refractivity contribution is 0.0982. The van der Waals surface area contributed by atoms with Crippen LogP contribution in [-0.2, 0) is 0 Å². The standard InChI is InChI=1S/C11H18N2OS/c1-4-5-6-7-9(14)11-10(8(2)3)12-13-15-11/h8H,4-7H2,1-3H3. The van der Waals surface area contributed by atoms with Gasteiger partial charge >= 0.3 is 0 Å². The monoisotopic (exact) mass is 226 g/mol. The maximum Gasteiger partial charge on any atom is 0.176 e.